The maximum atomic E-state index is 12.4. The van der Waals surface area contributed by atoms with Crippen molar-refractivity contribution in [3.05, 3.63) is 78.4 Å². The summed E-state index contributed by atoms with van der Waals surface area (Å²) < 4.78 is 11.1. The first-order valence-electron chi connectivity index (χ1n) is 8.66. The first-order chi connectivity index (χ1) is 13.2. The number of anilines is 2. The first-order valence-corrected chi connectivity index (χ1v) is 8.66. The van der Waals surface area contributed by atoms with E-state index in [1.54, 1.807) is 7.11 Å². The fourth-order valence-electron chi connectivity index (χ4n) is 2.61. The molecule has 3 rings (SSSR count). The predicted molar refractivity (Wildman–Crippen MR) is 108 cm³/mol. The lowest BCUT2D eigenvalue weighted by Crippen LogP contribution is -2.22. The van der Waals surface area contributed by atoms with Crippen molar-refractivity contribution in [2.45, 2.75) is 6.92 Å². The molecule has 0 bridgehead atoms. The van der Waals surface area contributed by atoms with E-state index in [9.17, 15) is 4.79 Å². The van der Waals surface area contributed by atoms with Gasteiger partial charge in [0.05, 0.1) is 19.3 Å². The van der Waals surface area contributed by atoms with Crippen molar-refractivity contribution < 1.29 is 14.3 Å². The summed E-state index contributed by atoms with van der Waals surface area (Å²) in [5, 5.41) is 6.04. The highest BCUT2D eigenvalue weighted by Crippen LogP contribution is 2.29. The van der Waals surface area contributed by atoms with Gasteiger partial charge in [-0.05, 0) is 55.0 Å². The van der Waals surface area contributed by atoms with Gasteiger partial charge in [0.1, 0.15) is 11.5 Å². The molecule has 138 valence electrons. The molecule has 0 spiro atoms. The highest BCUT2D eigenvalue weighted by atomic mass is 16.5. The molecule has 3 aromatic rings. The summed E-state index contributed by atoms with van der Waals surface area (Å²) in [7, 11) is 1.63. The zero-order valence-corrected chi connectivity index (χ0v) is 15.4. The molecule has 0 heterocycles. The summed E-state index contributed by atoms with van der Waals surface area (Å²) in [6.45, 7) is 2.11. The van der Waals surface area contributed by atoms with E-state index in [1.807, 2.05) is 79.7 Å². The van der Waals surface area contributed by atoms with Crippen molar-refractivity contribution in [2.24, 2.45) is 0 Å². The smallest absolute Gasteiger partial charge is 0.243 e. The van der Waals surface area contributed by atoms with E-state index in [1.165, 1.54) is 0 Å². The minimum Gasteiger partial charge on any atom is -0.497 e. The zero-order valence-electron chi connectivity index (χ0n) is 15.4. The third kappa shape index (κ3) is 5.01. The van der Waals surface area contributed by atoms with Gasteiger partial charge in [-0.1, -0.05) is 30.3 Å². The highest BCUT2D eigenvalue weighted by molar-refractivity contribution is 5.95. The number of aryl methyl sites for hydroxylation is 1. The molecular formula is C22H22N2O3. The van der Waals surface area contributed by atoms with E-state index in [2.05, 4.69) is 10.6 Å². The van der Waals surface area contributed by atoms with Crippen molar-refractivity contribution >= 4 is 17.3 Å². The minimum absolute atomic E-state index is 0.146. The molecule has 1 amide bonds. The van der Waals surface area contributed by atoms with Gasteiger partial charge in [0.15, 0.2) is 5.75 Å². The van der Waals surface area contributed by atoms with Gasteiger partial charge in [-0.2, -0.15) is 0 Å². The molecule has 3 aromatic carbocycles. The van der Waals surface area contributed by atoms with Crippen LogP contribution in [0.3, 0.4) is 0 Å². The SMILES string of the molecule is COc1ccc(NCC(=O)Nc2ccccc2Oc2ccccc2)c(C)c1. The lowest BCUT2D eigenvalue weighted by atomic mass is 10.2. The Labute approximate surface area is 158 Å². The number of carbonyl (C=O) groups excluding carboxylic acids is 1. The van der Waals surface area contributed by atoms with Gasteiger partial charge >= 0.3 is 0 Å². The van der Waals surface area contributed by atoms with Gasteiger partial charge in [-0.25, -0.2) is 0 Å². The first kappa shape index (κ1) is 18.3. The summed E-state index contributed by atoms with van der Waals surface area (Å²) in [5.41, 5.74) is 2.52. The summed E-state index contributed by atoms with van der Waals surface area (Å²) >= 11 is 0. The zero-order chi connectivity index (χ0) is 19.1. The Hall–Kier alpha value is -3.47. The van der Waals surface area contributed by atoms with Crippen LogP contribution in [0.4, 0.5) is 11.4 Å². The standard InChI is InChI=1S/C22H22N2O3/c1-16-14-18(26-2)12-13-19(16)23-15-22(25)24-20-10-6-7-11-21(20)27-17-8-4-3-5-9-17/h3-14,23H,15H2,1-2H3,(H,24,25). The molecule has 0 saturated carbocycles. The average Bonchev–Trinajstić information content (AvgIpc) is 2.69. The highest BCUT2D eigenvalue weighted by Gasteiger charge is 2.09. The van der Waals surface area contributed by atoms with Gasteiger partial charge in [0.2, 0.25) is 5.91 Å². The number of nitrogens with one attached hydrogen (secondary N) is 2. The van der Waals surface area contributed by atoms with E-state index in [0.717, 1.165) is 17.0 Å². The van der Waals surface area contributed by atoms with Crippen LogP contribution in [0.5, 0.6) is 17.2 Å². The van der Waals surface area contributed by atoms with Crippen molar-refractivity contribution in [1.82, 2.24) is 0 Å². The van der Waals surface area contributed by atoms with Crippen molar-refractivity contribution in [2.75, 3.05) is 24.3 Å². The monoisotopic (exact) mass is 362 g/mol. The molecule has 0 unspecified atom stereocenters. The molecule has 0 saturated heterocycles. The molecule has 2 N–H and O–H groups in total. The fourth-order valence-corrected chi connectivity index (χ4v) is 2.61. The summed E-state index contributed by atoms with van der Waals surface area (Å²) in [5.74, 6) is 1.94. The molecule has 5 nitrogen and oxygen atoms in total. The van der Waals surface area contributed by atoms with Gasteiger partial charge in [-0.3, -0.25) is 4.79 Å². The molecule has 0 atom stereocenters. The molecule has 0 aliphatic heterocycles. The molecule has 0 radical (unpaired) electrons. The van der Waals surface area contributed by atoms with E-state index < -0.39 is 0 Å². The summed E-state index contributed by atoms with van der Waals surface area (Å²) in [6, 6.07) is 22.5. The van der Waals surface area contributed by atoms with E-state index >= 15 is 0 Å². The van der Waals surface area contributed by atoms with Crippen LogP contribution in [0, 0.1) is 6.92 Å². The molecule has 27 heavy (non-hydrogen) atoms. The number of hydrogen-bond acceptors (Lipinski definition) is 4. The van der Waals surface area contributed by atoms with Crippen LogP contribution in [-0.2, 0) is 4.79 Å². The third-order valence-corrected chi connectivity index (χ3v) is 4.01. The topological polar surface area (TPSA) is 59.6 Å². The van der Waals surface area contributed by atoms with Crippen molar-refractivity contribution in [3.8, 4) is 17.2 Å². The molecule has 0 aliphatic carbocycles. The lowest BCUT2D eigenvalue weighted by molar-refractivity contribution is -0.114. The second kappa shape index (κ2) is 8.76. The quantitative estimate of drug-likeness (QED) is 0.631. The molecule has 0 aromatic heterocycles. The predicted octanol–water partition coefficient (Wildman–Crippen LogP) is 4.85. The Morgan fingerprint density at radius 2 is 1.63 bits per heavy atom. The second-order valence-corrected chi connectivity index (χ2v) is 5.99. The van der Waals surface area contributed by atoms with Crippen LogP contribution >= 0.6 is 0 Å². The number of methoxy groups -OCH3 is 1. The Morgan fingerprint density at radius 1 is 0.889 bits per heavy atom. The van der Waals surface area contributed by atoms with E-state index in [-0.39, 0.29) is 12.5 Å². The number of rotatable bonds is 7. The van der Waals surface area contributed by atoms with Gasteiger partial charge < -0.3 is 20.1 Å². The Morgan fingerprint density at radius 3 is 2.37 bits per heavy atom. The van der Waals surface area contributed by atoms with Gasteiger partial charge in [0.25, 0.3) is 0 Å². The Balaban J connectivity index is 1.63. The number of hydrogen-bond donors (Lipinski definition) is 2. The van der Waals surface area contributed by atoms with Crippen LogP contribution in [0.25, 0.3) is 0 Å². The molecule has 0 aliphatic rings. The normalized spacial score (nSPS) is 10.1. The van der Waals surface area contributed by atoms with Crippen LogP contribution in [0.1, 0.15) is 5.56 Å². The Kier molecular flexibility index (Phi) is 5.94. The minimum atomic E-state index is -0.158. The number of para-hydroxylation sites is 3. The lowest BCUT2D eigenvalue weighted by Gasteiger charge is -2.14. The van der Waals surface area contributed by atoms with Gasteiger partial charge in [-0.15, -0.1) is 0 Å². The fraction of sp³-hybridized carbons (Fsp3) is 0.136. The second-order valence-electron chi connectivity index (χ2n) is 5.99. The molecular weight excluding hydrogens is 340 g/mol. The van der Waals surface area contributed by atoms with Gasteiger partial charge in [0, 0.05) is 5.69 Å². The van der Waals surface area contributed by atoms with E-state index in [0.29, 0.717) is 17.2 Å². The van der Waals surface area contributed by atoms with Crippen molar-refractivity contribution in [3.63, 3.8) is 0 Å². The van der Waals surface area contributed by atoms with Crippen LogP contribution in [0.2, 0.25) is 0 Å². The summed E-state index contributed by atoms with van der Waals surface area (Å²) in [4.78, 5) is 12.4. The number of benzene rings is 3. The Bertz CT molecular complexity index is 910. The number of carbonyl (C=O) groups is 1. The third-order valence-electron chi connectivity index (χ3n) is 4.01. The molecule has 0 fully saturated rings. The van der Waals surface area contributed by atoms with Crippen LogP contribution in [-0.4, -0.2) is 19.6 Å². The largest absolute Gasteiger partial charge is 0.497 e. The van der Waals surface area contributed by atoms with E-state index in [4.69, 9.17) is 9.47 Å². The number of amides is 1. The average molecular weight is 362 g/mol. The maximum absolute atomic E-state index is 12.4. The van der Waals surface area contributed by atoms with Crippen LogP contribution < -0.4 is 20.1 Å². The van der Waals surface area contributed by atoms with Crippen molar-refractivity contribution in [1.29, 1.82) is 0 Å². The maximum Gasteiger partial charge on any atom is 0.243 e. The van der Waals surface area contributed by atoms with Crippen LogP contribution in [0.15, 0.2) is 72.8 Å². The number of ether oxygens (including phenoxy) is 2. The summed E-state index contributed by atoms with van der Waals surface area (Å²) in [6.07, 6.45) is 0. The molecule has 5 heteroatoms.